The minimum Gasteiger partial charge on any atom is -0.306 e. The molecule has 0 amide bonds. The molecule has 0 bridgehead atoms. The zero-order chi connectivity index (χ0) is 12.3. The topological polar surface area (TPSA) is 12.0 Å². The van der Waals surface area contributed by atoms with Crippen LogP contribution in [-0.2, 0) is 0 Å². The van der Waals surface area contributed by atoms with E-state index in [9.17, 15) is 0 Å². The first kappa shape index (κ1) is 13.0. The molecule has 0 spiro atoms. The number of thioether (sulfide) groups is 1. The Labute approximate surface area is 109 Å². The predicted octanol–water partition coefficient (Wildman–Crippen LogP) is 4.25. The van der Waals surface area contributed by atoms with Crippen molar-refractivity contribution in [3.05, 3.63) is 29.8 Å². The van der Waals surface area contributed by atoms with E-state index in [4.69, 9.17) is 0 Å². The fraction of sp³-hybridized carbons (Fsp3) is 0.600. The third-order valence-electron chi connectivity index (χ3n) is 3.92. The zero-order valence-corrected chi connectivity index (χ0v) is 11.9. The van der Waals surface area contributed by atoms with Gasteiger partial charge < -0.3 is 5.32 Å². The molecule has 0 saturated carbocycles. The molecule has 1 heterocycles. The van der Waals surface area contributed by atoms with Crippen molar-refractivity contribution in [1.82, 2.24) is 5.32 Å². The lowest BCUT2D eigenvalue weighted by Crippen LogP contribution is -2.36. The average molecular weight is 249 g/mol. The molecule has 1 aromatic carbocycles. The molecule has 1 aromatic rings. The van der Waals surface area contributed by atoms with Gasteiger partial charge in [0, 0.05) is 22.7 Å². The summed E-state index contributed by atoms with van der Waals surface area (Å²) in [5, 5.41) is 3.82. The van der Waals surface area contributed by atoms with Gasteiger partial charge in [-0.05, 0) is 24.5 Å². The minimum absolute atomic E-state index is 0.548. The summed E-state index contributed by atoms with van der Waals surface area (Å²) in [5.41, 5.74) is 1.50. The van der Waals surface area contributed by atoms with Crippen LogP contribution >= 0.6 is 11.8 Å². The summed E-state index contributed by atoms with van der Waals surface area (Å²) in [6, 6.07) is 9.96. The highest BCUT2D eigenvalue weighted by Crippen LogP contribution is 2.38. The summed E-state index contributed by atoms with van der Waals surface area (Å²) in [4.78, 5) is 1.46. The summed E-state index contributed by atoms with van der Waals surface area (Å²) < 4.78 is 0. The van der Waals surface area contributed by atoms with Gasteiger partial charge in [0.25, 0.3) is 0 Å². The van der Waals surface area contributed by atoms with Gasteiger partial charge in [-0.25, -0.2) is 0 Å². The van der Waals surface area contributed by atoms with E-state index in [0.717, 1.165) is 5.92 Å². The molecule has 94 valence electrons. The van der Waals surface area contributed by atoms with Gasteiger partial charge in [0.2, 0.25) is 0 Å². The number of benzene rings is 1. The third-order valence-corrected chi connectivity index (χ3v) is 5.10. The molecule has 2 heteroatoms. The highest BCUT2D eigenvalue weighted by molar-refractivity contribution is 7.99. The lowest BCUT2D eigenvalue weighted by Gasteiger charge is -2.26. The van der Waals surface area contributed by atoms with Crippen molar-refractivity contribution in [1.29, 1.82) is 0 Å². The Balaban J connectivity index is 2.02. The van der Waals surface area contributed by atoms with Crippen LogP contribution in [0.25, 0.3) is 0 Å². The first-order valence-corrected chi connectivity index (χ1v) is 7.72. The standard InChI is InChI=1S/C15H23NS/c1-4-12(5-2)11(3)16-14-10-17-15-9-7-6-8-13(14)15/h6-9,11-12,14,16H,4-5,10H2,1-3H3. The molecule has 1 aliphatic rings. The maximum absolute atomic E-state index is 3.82. The highest BCUT2D eigenvalue weighted by atomic mass is 32.2. The number of fused-ring (bicyclic) bond motifs is 1. The first-order chi connectivity index (χ1) is 8.26. The maximum atomic E-state index is 3.82. The summed E-state index contributed by atoms with van der Waals surface area (Å²) in [7, 11) is 0. The predicted molar refractivity (Wildman–Crippen MR) is 76.6 cm³/mol. The Hall–Kier alpha value is -0.470. The Bertz CT molecular complexity index is 360. The fourth-order valence-electron chi connectivity index (χ4n) is 2.75. The van der Waals surface area contributed by atoms with Crippen LogP contribution in [0.5, 0.6) is 0 Å². The number of hydrogen-bond donors (Lipinski definition) is 1. The lowest BCUT2D eigenvalue weighted by molar-refractivity contribution is 0.332. The van der Waals surface area contributed by atoms with Gasteiger partial charge in [0.15, 0.2) is 0 Å². The first-order valence-electron chi connectivity index (χ1n) is 6.74. The second-order valence-electron chi connectivity index (χ2n) is 4.93. The van der Waals surface area contributed by atoms with Crippen LogP contribution in [-0.4, -0.2) is 11.8 Å². The van der Waals surface area contributed by atoms with Crippen molar-refractivity contribution in [2.75, 3.05) is 5.75 Å². The second kappa shape index (κ2) is 5.92. The molecule has 0 aliphatic carbocycles. The molecule has 2 unspecified atom stereocenters. The summed E-state index contributed by atoms with van der Waals surface area (Å²) in [6.45, 7) is 6.93. The van der Waals surface area contributed by atoms with Crippen molar-refractivity contribution < 1.29 is 0 Å². The van der Waals surface area contributed by atoms with Crippen LogP contribution in [0.2, 0.25) is 0 Å². The number of rotatable bonds is 5. The molecule has 1 N–H and O–H groups in total. The van der Waals surface area contributed by atoms with E-state index in [0.29, 0.717) is 12.1 Å². The van der Waals surface area contributed by atoms with Crippen molar-refractivity contribution in [3.63, 3.8) is 0 Å². The van der Waals surface area contributed by atoms with Gasteiger partial charge in [-0.3, -0.25) is 0 Å². The van der Waals surface area contributed by atoms with E-state index in [-0.39, 0.29) is 0 Å². The van der Waals surface area contributed by atoms with Crippen molar-refractivity contribution in [2.24, 2.45) is 5.92 Å². The van der Waals surface area contributed by atoms with Gasteiger partial charge in [-0.2, -0.15) is 0 Å². The Morgan fingerprint density at radius 2 is 2.00 bits per heavy atom. The number of hydrogen-bond acceptors (Lipinski definition) is 2. The van der Waals surface area contributed by atoms with E-state index < -0.39 is 0 Å². The van der Waals surface area contributed by atoms with Crippen molar-refractivity contribution in [3.8, 4) is 0 Å². The van der Waals surface area contributed by atoms with Crippen LogP contribution in [0.3, 0.4) is 0 Å². The van der Waals surface area contributed by atoms with Crippen molar-refractivity contribution >= 4 is 11.8 Å². The van der Waals surface area contributed by atoms with Crippen molar-refractivity contribution in [2.45, 2.75) is 50.6 Å². The molecule has 0 aromatic heterocycles. The van der Waals surface area contributed by atoms with E-state index in [1.807, 2.05) is 11.8 Å². The van der Waals surface area contributed by atoms with E-state index in [2.05, 4.69) is 50.4 Å². The van der Waals surface area contributed by atoms with Crippen LogP contribution in [0.4, 0.5) is 0 Å². The van der Waals surface area contributed by atoms with Gasteiger partial charge in [0.1, 0.15) is 0 Å². The zero-order valence-electron chi connectivity index (χ0n) is 11.1. The summed E-state index contributed by atoms with van der Waals surface area (Å²) in [5.74, 6) is 1.98. The quantitative estimate of drug-likeness (QED) is 0.837. The molecular weight excluding hydrogens is 226 g/mol. The minimum atomic E-state index is 0.548. The molecule has 0 radical (unpaired) electrons. The molecule has 2 rings (SSSR count). The van der Waals surface area contributed by atoms with Gasteiger partial charge in [-0.1, -0.05) is 44.9 Å². The monoisotopic (exact) mass is 249 g/mol. The van der Waals surface area contributed by atoms with Gasteiger partial charge in [-0.15, -0.1) is 11.8 Å². The van der Waals surface area contributed by atoms with E-state index in [1.165, 1.54) is 29.1 Å². The van der Waals surface area contributed by atoms with Crippen LogP contribution in [0.15, 0.2) is 29.2 Å². The van der Waals surface area contributed by atoms with Crippen LogP contribution < -0.4 is 5.32 Å². The van der Waals surface area contributed by atoms with E-state index in [1.54, 1.807) is 0 Å². The lowest BCUT2D eigenvalue weighted by atomic mass is 9.94. The molecule has 1 nitrogen and oxygen atoms in total. The summed E-state index contributed by atoms with van der Waals surface area (Å²) in [6.07, 6.45) is 2.54. The molecule has 1 aliphatic heterocycles. The Kier molecular flexibility index (Phi) is 4.52. The fourth-order valence-corrected chi connectivity index (χ4v) is 3.92. The second-order valence-corrected chi connectivity index (χ2v) is 6.00. The van der Waals surface area contributed by atoms with Gasteiger partial charge >= 0.3 is 0 Å². The molecular formula is C15H23NS. The molecule has 2 atom stereocenters. The normalized spacial score (nSPS) is 20.6. The maximum Gasteiger partial charge on any atom is 0.0428 e. The smallest absolute Gasteiger partial charge is 0.0428 e. The third kappa shape index (κ3) is 2.86. The van der Waals surface area contributed by atoms with Crippen LogP contribution in [0.1, 0.15) is 45.2 Å². The number of nitrogens with one attached hydrogen (secondary N) is 1. The van der Waals surface area contributed by atoms with E-state index >= 15 is 0 Å². The Morgan fingerprint density at radius 3 is 2.71 bits per heavy atom. The average Bonchev–Trinajstić information content (AvgIpc) is 2.74. The SMILES string of the molecule is CCC(CC)C(C)NC1CSc2ccccc21. The van der Waals surface area contributed by atoms with Gasteiger partial charge in [0.05, 0.1) is 0 Å². The molecule has 0 fully saturated rings. The molecule has 17 heavy (non-hydrogen) atoms. The largest absolute Gasteiger partial charge is 0.306 e. The Morgan fingerprint density at radius 1 is 1.29 bits per heavy atom. The molecule has 0 saturated heterocycles. The highest BCUT2D eigenvalue weighted by Gasteiger charge is 2.25. The van der Waals surface area contributed by atoms with Crippen LogP contribution in [0, 0.1) is 5.92 Å². The summed E-state index contributed by atoms with van der Waals surface area (Å²) >= 11 is 1.98.